The Labute approximate surface area is 143 Å². The molecule has 0 amide bonds. The predicted molar refractivity (Wildman–Crippen MR) is 71.9 cm³/mol. The highest BCUT2D eigenvalue weighted by molar-refractivity contribution is 7.87. The molecule has 0 aromatic heterocycles. The van der Waals surface area contributed by atoms with E-state index in [1.165, 1.54) is 0 Å². The van der Waals surface area contributed by atoms with Gasteiger partial charge in [-0.15, -0.1) is 0 Å². The number of oxime groups is 1. The Balaban J connectivity index is 2.32. The topological polar surface area (TPSA) is 105 Å². The van der Waals surface area contributed by atoms with Crippen LogP contribution in [0.15, 0.2) is 23.4 Å². The fourth-order valence-corrected chi connectivity index (χ4v) is 2.79. The Morgan fingerprint density at radius 3 is 2.31 bits per heavy atom. The van der Waals surface area contributed by atoms with Crippen molar-refractivity contribution in [3.8, 4) is 0 Å². The lowest BCUT2D eigenvalue weighted by molar-refractivity contribution is -0.330. The van der Waals surface area contributed by atoms with E-state index >= 15 is 0 Å². The number of carboxylic acids is 1. The molecule has 2 rings (SSSR count). The van der Waals surface area contributed by atoms with E-state index in [1.807, 2.05) is 0 Å². The monoisotopic (exact) mass is 402 g/mol. The number of carbonyl (C=O) groups is 1. The van der Waals surface area contributed by atoms with Gasteiger partial charge in [-0.1, -0.05) is 5.16 Å². The molecule has 26 heavy (non-hydrogen) atoms. The summed E-state index contributed by atoms with van der Waals surface area (Å²) in [5, 5.41) is 14.7. The van der Waals surface area contributed by atoms with Crippen LogP contribution in [0.2, 0.25) is 0 Å². The third-order valence-electron chi connectivity index (χ3n) is 3.50. The number of aliphatic carboxylic acids is 1. The molecule has 0 N–H and O–H groups in total. The van der Waals surface area contributed by atoms with E-state index in [1.54, 1.807) is 0 Å². The Kier molecular flexibility index (Phi) is 4.98. The Hall–Kier alpha value is -2.28. The number of nitrogens with zero attached hydrogens (tertiary/aromatic N) is 1. The second kappa shape index (κ2) is 6.46. The van der Waals surface area contributed by atoms with Crippen LogP contribution < -0.4 is 5.11 Å². The summed E-state index contributed by atoms with van der Waals surface area (Å²) in [7, 11) is -6.14. The van der Waals surface area contributed by atoms with Crippen molar-refractivity contribution in [2.75, 3.05) is 0 Å². The highest BCUT2D eigenvalue weighted by Crippen LogP contribution is 2.35. The maximum Gasteiger partial charge on any atom is 0.523 e. The number of alkyl halides is 3. The summed E-state index contributed by atoms with van der Waals surface area (Å²) in [5.41, 5.74) is -9.16. The molecule has 13 heteroatoms. The lowest BCUT2D eigenvalue weighted by atomic mass is 9.90. The summed E-state index contributed by atoms with van der Waals surface area (Å²) in [6.07, 6.45) is -3.08. The minimum absolute atomic E-state index is 0.253. The number of benzene rings is 1. The molecule has 0 fully saturated rings. The summed E-state index contributed by atoms with van der Waals surface area (Å²) in [5.74, 6) is -4.19. The van der Waals surface area contributed by atoms with Gasteiger partial charge in [-0.25, -0.2) is 8.78 Å². The molecule has 1 aliphatic heterocycles. The highest BCUT2D eigenvalue weighted by atomic mass is 32.2. The molecule has 0 bridgehead atoms. The van der Waals surface area contributed by atoms with Gasteiger partial charge in [0.15, 0.2) is 0 Å². The number of carbonyl (C=O) groups excluding carboxylic acids is 1. The molecule has 1 aliphatic rings. The van der Waals surface area contributed by atoms with Gasteiger partial charge in [-0.3, -0.25) is 4.18 Å². The van der Waals surface area contributed by atoms with E-state index in [0.717, 1.165) is 12.1 Å². The third kappa shape index (κ3) is 3.62. The summed E-state index contributed by atoms with van der Waals surface area (Å²) < 4.78 is 89.7. The number of carboxylic acid groups (broad SMARTS) is 1. The van der Waals surface area contributed by atoms with Gasteiger partial charge >= 0.3 is 15.6 Å². The summed E-state index contributed by atoms with van der Waals surface area (Å²) in [6.45, 7) is 0.684. The molecule has 0 saturated carbocycles. The van der Waals surface area contributed by atoms with Crippen molar-refractivity contribution in [2.24, 2.45) is 5.16 Å². The fraction of sp³-hybridized carbons (Fsp3) is 0.385. The molecule has 0 radical (unpaired) electrons. The van der Waals surface area contributed by atoms with Crippen LogP contribution in [0.25, 0.3) is 0 Å². The van der Waals surface area contributed by atoms with E-state index < -0.39 is 51.4 Å². The van der Waals surface area contributed by atoms with Crippen LogP contribution in [-0.2, 0) is 23.9 Å². The number of rotatable bonds is 5. The first-order chi connectivity index (χ1) is 11.8. The lowest BCUT2D eigenvalue weighted by Crippen LogP contribution is -2.57. The van der Waals surface area contributed by atoms with Crippen molar-refractivity contribution < 1.29 is 49.3 Å². The number of hydrogen-bond acceptors (Lipinski definition) is 7. The van der Waals surface area contributed by atoms with Gasteiger partial charge in [0, 0.05) is 18.1 Å². The van der Waals surface area contributed by atoms with Crippen LogP contribution in [0.1, 0.15) is 18.9 Å². The molecule has 1 heterocycles. The smallest absolute Gasteiger partial charge is 0.523 e. The second-order valence-electron chi connectivity index (χ2n) is 5.28. The van der Waals surface area contributed by atoms with Crippen molar-refractivity contribution >= 4 is 21.8 Å². The van der Waals surface area contributed by atoms with Crippen LogP contribution in [0, 0.1) is 11.6 Å². The lowest BCUT2D eigenvalue weighted by Gasteiger charge is -2.32. The van der Waals surface area contributed by atoms with E-state index in [-0.39, 0.29) is 11.3 Å². The maximum atomic E-state index is 13.3. The normalized spacial score (nSPS) is 21.8. The third-order valence-corrected chi connectivity index (χ3v) is 4.61. The van der Waals surface area contributed by atoms with E-state index in [2.05, 4.69) is 14.2 Å². The van der Waals surface area contributed by atoms with Crippen LogP contribution >= 0.6 is 0 Å². The van der Waals surface area contributed by atoms with Gasteiger partial charge in [0.05, 0.1) is 11.7 Å². The van der Waals surface area contributed by atoms with Crippen LogP contribution in [-0.4, -0.2) is 37.3 Å². The minimum Gasteiger partial charge on any atom is -0.546 e. The molecule has 1 aromatic rings. The molecule has 0 saturated heterocycles. The van der Waals surface area contributed by atoms with Crippen molar-refractivity contribution in [3.05, 3.63) is 35.4 Å². The van der Waals surface area contributed by atoms with Gasteiger partial charge in [0.2, 0.25) is 5.60 Å². The molecule has 0 spiro atoms. The number of hydrogen-bond donors (Lipinski definition) is 0. The van der Waals surface area contributed by atoms with Crippen molar-refractivity contribution in [3.63, 3.8) is 0 Å². The number of halogens is 5. The summed E-state index contributed by atoms with van der Waals surface area (Å²) in [6, 6.07) is 2.07. The SMILES string of the molecule is CC(OS(=O)(=O)C(F)(F)F)C1(C(=O)[O-])CC(c2cc(F)cc(F)c2)=NO1. The fourth-order valence-electron chi connectivity index (χ4n) is 2.14. The van der Waals surface area contributed by atoms with Crippen molar-refractivity contribution in [1.82, 2.24) is 0 Å². The quantitative estimate of drug-likeness (QED) is 0.411. The maximum absolute atomic E-state index is 13.3. The van der Waals surface area contributed by atoms with Crippen LogP contribution in [0.4, 0.5) is 22.0 Å². The zero-order valence-corrected chi connectivity index (χ0v) is 13.5. The largest absolute Gasteiger partial charge is 0.546 e. The van der Waals surface area contributed by atoms with Gasteiger partial charge in [-0.05, 0) is 19.1 Å². The van der Waals surface area contributed by atoms with Gasteiger partial charge < -0.3 is 14.7 Å². The van der Waals surface area contributed by atoms with E-state index in [0.29, 0.717) is 13.0 Å². The predicted octanol–water partition coefficient (Wildman–Crippen LogP) is 0.833. The highest BCUT2D eigenvalue weighted by Gasteiger charge is 2.54. The van der Waals surface area contributed by atoms with Crippen LogP contribution in [0.5, 0.6) is 0 Å². The first kappa shape index (κ1) is 20.0. The Morgan fingerprint density at radius 2 is 1.85 bits per heavy atom. The van der Waals surface area contributed by atoms with E-state index in [4.69, 9.17) is 0 Å². The molecular formula is C13H9F5NO6S-. The zero-order chi connectivity index (χ0) is 19.9. The Bertz CT molecular complexity index is 848. The zero-order valence-electron chi connectivity index (χ0n) is 12.7. The molecule has 7 nitrogen and oxygen atoms in total. The van der Waals surface area contributed by atoms with Gasteiger partial charge in [0.25, 0.3) is 0 Å². The molecule has 2 unspecified atom stereocenters. The summed E-state index contributed by atoms with van der Waals surface area (Å²) in [4.78, 5) is 16.0. The van der Waals surface area contributed by atoms with Crippen molar-refractivity contribution in [2.45, 2.75) is 30.6 Å². The molecule has 0 aliphatic carbocycles. The van der Waals surface area contributed by atoms with Gasteiger partial charge in [0.1, 0.15) is 17.7 Å². The van der Waals surface area contributed by atoms with Crippen molar-refractivity contribution in [1.29, 1.82) is 0 Å². The average molecular weight is 402 g/mol. The minimum atomic E-state index is -6.14. The first-order valence-electron chi connectivity index (χ1n) is 6.71. The second-order valence-corrected chi connectivity index (χ2v) is 6.84. The Morgan fingerprint density at radius 1 is 1.31 bits per heavy atom. The van der Waals surface area contributed by atoms with Gasteiger partial charge in [-0.2, -0.15) is 21.6 Å². The summed E-state index contributed by atoms with van der Waals surface area (Å²) >= 11 is 0. The van der Waals surface area contributed by atoms with Crippen LogP contribution in [0.3, 0.4) is 0 Å². The molecule has 2 atom stereocenters. The standard InChI is InChI=1S/C13H10F5NO6S/c1-6(24-26(22,23)13(16,17)18)12(11(20)21)5-10(19-25-12)7-2-8(14)4-9(15)3-7/h2-4,6H,5H2,1H3,(H,20,21)/p-1. The van der Waals surface area contributed by atoms with E-state index in [9.17, 15) is 40.3 Å². The molecular weight excluding hydrogens is 393 g/mol. The molecule has 144 valence electrons. The average Bonchev–Trinajstić information content (AvgIpc) is 2.91. The first-order valence-corrected chi connectivity index (χ1v) is 8.12. The molecule has 1 aromatic carbocycles.